The van der Waals surface area contributed by atoms with Crippen molar-refractivity contribution < 1.29 is 9.53 Å². The number of ether oxygens (including phenoxy) is 1. The minimum atomic E-state index is -0.814. The molecule has 3 atom stereocenters. The Kier molecular flexibility index (Phi) is 10.9. The zero-order valence-electron chi connectivity index (χ0n) is 24.3. The van der Waals surface area contributed by atoms with E-state index in [1.54, 1.807) is 11.8 Å². The number of thioether (sulfide) groups is 1. The Morgan fingerprint density at radius 1 is 1.05 bits per heavy atom. The quantitative estimate of drug-likeness (QED) is 0.274. The number of benzene rings is 2. The Morgan fingerprint density at radius 3 is 2.28 bits per heavy atom. The van der Waals surface area contributed by atoms with E-state index in [1.165, 1.54) is 50.3 Å². The molecule has 0 N–H and O–H groups in total. The summed E-state index contributed by atoms with van der Waals surface area (Å²) in [6, 6.07) is 22.1. The third-order valence-electron chi connectivity index (χ3n) is 9.05. The lowest BCUT2D eigenvalue weighted by atomic mass is 9.72. The van der Waals surface area contributed by atoms with Crippen LogP contribution in [-0.4, -0.2) is 72.9 Å². The maximum Gasteiger partial charge on any atom is 0.336 e. The van der Waals surface area contributed by atoms with Crippen LogP contribution in [0.5, 0.6) is 0 Å². The zero-order valence-corrected chi connectivity index (χ0v) is 25.1. The van der Waals surface area contributed by atoms with Gasteiger partial charge in [-0.25, -0.2) is 4.79 Å². The van der Waals surface area contributed by atoms with E-state index >= 15 is 0 Å². The maximum absolute atomic E-state index is 13.3. The number of carbonyl (C=O) groups excluding carboxylic acids is 1. The van der Waals surface area contributed by atoms with Crippen LogP contribution in [0.25, 0.3) is 0 Å². The molecule has 1 heterocycles. The summed E-state index contributed by atoms with van der Waals surface area (Å²) in [7, 11) is 6.00. The van der Waals surface area contributed by atoms with Crippen LogP contribution in [0.1, 0.15) is 56.1 Å². The Labute approximate surface area is 240 Å². The van der Waals surface area contributed by atoms with Gasteiger partial charge < -0.3 is 14.5 Å². The molecule has 0 amide bonds. The van der Waals surface area contributed by atoms with Crippen LogP contribution in [0.2, 0.25) is 0 Å². The van der Waals surface area contributed by atoms with Gasteiger partial charge in [-0.15, -0.1) is 0 Å². The van der Waals surface area contributed by atoms with E-state index in [0.717, 1.165) is 31.1 Å². The third-order valence-corrected chi connectivity index (χ3v) is 9.66. The van der Waals surface area contributed by atoms with E-state index in [2.05, 4.69) is 90.8 Å². The number of methoxy groups -OCH3 is 1. The molecule has 0 spiro atoms. The van der Waals surface area contributed by atoms with Crippen molar-refractivity contribution in [2.45, 2.75) is 75.5 Å². The molecule has 4 rings (SSSR count). The highest BCUT2D eigenvalue weighted by molar-refractivity contribution is 7.98. The summed E-state index contributed by atoms with van der Waals surface area (Å²) in [5, 5.41) is 0. The topological polar surface area (TPSA) is 45.1 Å². The minimum absolute atomic E-state index is 0.0292. The summed E-state index contributed by atoms with van der Waals surface area (Å²) in [5.41, 5.74) is 1.86. The maximum atomic E-state index is 13.3. The van der Waals surface area contributed by atoms with E-state index in [0.29, 0.717) is 18.4 Å². The van der Waals surface area contributed by atoms with Crippen molar-refractivity contribution in [3.63, 3.8) is 0 Å². The molecule has 0 bridgehead atoms. The largest absolute Gasteiger partial charge is 0.467 e. The van der Waals surface area contributed by atoms with E-state index in [4.69, 9.17) is 9.73 Å². The van der Waals surface area contributed by atoms with Crippen LogP contribution in [0.3, 0.4) is 0 Å². The summed E-state index contributed by atoms with van der Waals surface area (Å²) in [6.07, 6.45) is 13.0. The Bertz CT molecular complexity index is 1040. The molecule has 2 aliphatic rings. The van der Waals surface area contributed by atoms with Gasteiger partial charge in [0.2, 0.25) is 0 Å². The predicted molar refractivity (Wildman–Crippen MR) is 164 cm³/mol. The second-order valence-corrected chi connectivity index (χ2v) is 12.6. The van der Waals surface area contributed by atoms with Crippen LogP contribution in [0.15, 0.2) is 65.7 Å². The molecule has 39 heavy (non-hydrogen) atoms. The first kappa shape index (κ1) is 29.7. The van der Waals surface area contributed by atoms with Crippen LogP contribution in [0.4, 0.5) is 0 Å². The van der Waals surface area contributed by atoms with E-state index in [-0.39, 0.29) is 12.0 Å². The van der Waals surface area contributed by atoms with Gasteiger partial charge in [0.15, 0.2) is 5.54 Å². The first-order valence-corrected chi connectivity index (χ1v) is 16.0. The van der Waals surface area contributed by atoms with Crippen molar-refractivity contribution in [2.24, 2.45) is 16.8 Å². The molecule has 0 radical (unpaired) electrons. The van der Waals surface area contributed by atoms with Crippen LogP contribution in [0, 0.1) is 11.8 Å². The van der Waals surface area contributed by atoms with Gasteiger partial charge in [-0.3, -0.25) is 4.99 Å². The van der Waals surface area contributed by atoms with Gasteiger partial charge in [0.05, 0.1) is 19.5 Å². The molecule has 1 aliphatic carbocycles. The summed E-state index contributed by atoms with van der Waals surface area (Å²) in [6.45, 7) is 0.768. The minimum Gasteiger partial charge on any atom is -0.467 e. The summed E-state index contributed by atoms with van der Waals surface area (Å²) in [4.78, 5) is 23.0. The van der Waals surface area contributed by atoms with Gasteiger partial charge in [-0.2, -0.15) is 11.8 Å². The molecule has 1 aliphatic heterocycles. The van der Waals surface area contributed by atoms with Crippen molar-refractivity contribution in [1.82, 2.24) is 9.80 Å². The van der Waals surface area contributed by atoms with Crippen LogP contribution < -0.4 is 0 Å². The monoisotopic (exact) mass is 549 g/mol. The van der Waals surface area contributed by atoms with Crippen molar-refractivity contribution in [1.29, 1.82) is 0 Å². The lowest BCUT2D eigenvalue weighted by molar-refractivity contribution is -0.149. The van der Waals surface area contributed by atoms with Crippen molar-refractivity contribution in [2.75, 3.05) is 33.2 Å². The van der Waals surface area contributed by atoms with Gasteiger partial charge in [0.25, 0.3) is 0 Å². The molecular formula is C33H47N3O2S. The molecule has 1 fully saturated rings. The SMILES string of the molecule is COC(=O)C1(CCSC)N=CN(Cc2ccccc2)C1CC1CCC(C(CCc2ccccc2)N(C)C)CC1. The van der Waals surface area contributed by atoms with Gasteiger partial charge in [-0.1, -0.05) is 73.5 Å². The number of carbonyl (C=O) groups is 1. The Hall–Kier alpha value is -2.31. The number of aryl methyl sites for hydroxylation is 1. The third kappa shape index (κ3) is 7.46. The molecule has 6 heteroatoms. The lowest BCUT2D eigenvalue weighted by Gasteiger charge is -2.41. The average Bonchev–Trinajstić information content (AvgIpc) is 3.30. The molecule has 1 saturated carbocycles. The van der Waals surface area contributed by atoms with Crippen molar-refractivity contribution in [3.8, 4) is 0 Å². The zero-order chi connectivity index (χ0) is 27.7. The van der Waals surface area contributed by atoms with Crippen LogP contribution in [-0.2, 0) is 22.5 Å². The van der Waals surface area contributed by atoms with E-state index < -0.39 is 5.54 Å². The summed E-state index contributed by atoms with van der Waals surface area (Å²) < 4.78 is 5.40. The fourth-order valence-corrected chi connectivity index (χ4v) is 7.36. The fourth-order valence-electron chi connectivity index (χ4n) is 6.85. The highest BCUT2D eigenvalue weighted by Crippen LogP contribution is 2.41. The van der Waals surface area contributed by atoms with Gasteiger partial charge in [0.1, 0.15) is 0 Å². The molecule has 0 saturated heterocycles. The second kappa shape index (κ2) is 14.4. The molecule has 2 aromatic carbocycles. The Morgan fingerprint density at radius 2 is 1.69 bits per heavy atom. The highest BCUT2D eigenvalue weighted by Gasteiger charge is 2.52. The molecule has 5 nitrogen and oxygen atoms in total. The van der Waals surface area contributed by atoms with E-state index in [9.17, 15) is 4.79 Å². The second-order valence-electron chi connectivity index (χ2n) is 11.6. The highest BCUT2D eigenvalue weighted by atomic mass is 32.2. The fraction of sp³-hybridized carbons (Fsp3) is 0.576. The summed E-state index contributed by atoms with van der Waals surface area (Å²) >= 11 is 1.77. The van der Waals surface area contributed by atoms with Gasteiger partial charge in [0, 0.05) is 12.6 Å². The first-order chi connectivity index (χ1) is 19.0. The predicted octanol–water partition coefficient (Wildman–Crippen LogP) is 6.32. The number of rotatable bonds is 13. The van der Waals surface area contributed by atoms with Crippen LogP contribution >= 0.6 is 11.8 Å². The van der Waals surface area contributed by atoms with Crippen molar-refractivity contribution in [3.05, 3.63) is 71.8 Å². The van der Waals surface area contributed by atoms with Gasteiger partial charge in [-0.05, 0) is 87.6 Å². The lowest BCUT2D eigenvalue weighted by Crippen LogP contribution is -2.53. The summed E-state index contributed by atoms with van der Waals surface area (Å²) in [5.74, 6) is 2.03. The molecule has 212 valence electrons. The molecule has 3 unspecified atom stereocenters. The standard InChI is InChI=1S/C33H47N3O2S/c1-35(2)30(20-17-26-11-7-5-8-12-26)29-18-15-27(16-19-29)23-31-33(21-22-39-4,32(37)38-3)34-25-36(31)24-28-13-9-6-10-14-28/h5-14,25,27,29-31H,15-24H2,1-4H3. The normalized spacial score (nSPS) is 25.7. The molecule has 2 aromatic rings. The average molecular weight is 550 g/mol. The van der Waals surface area contributed by atoms with Crippen molar-refractivity contribution >= 4 is 24.1 Å². The number of hydrogen-bond donors (Lipinski definition) is 0. The van der Waals surface area contributed by atoms with Gasteiger partial charge >= 0.3 is 5.97 Å². The smallest absolute Gasteiger partial charge is 0.336 e. The Balaban J connectivity index is 1.44. The number of aliphatic imine (C=N–C) groups is 1. The number of hydrogen-bond acceptors (Lipinski definition) is 6. The number of nitrogens with zero attached hydrogens (tertiary/aromatic N) is 3. The number of esters is 1. The first-order valence-electron chi connectivity index (χ1n) is 14.6. The molecular weight excluding hydrogens is 502 g/mol. The molecule has 0 aromatic heterocycles. The van der Waals surface area contributed by atoms with E-state index in [1.807, 2.05) is 6.34 Å².